The third-order valence-electron chi connectivity index (χ3n) is 3.88. The van der Waals surface area contributed by atoms with Crippen LogP contribution in [0.5, 0.6) is 5.75 Å². The summed E-state index contributed by atoms with van der Waals surface area (Å²) >= 11 is 0. The summed E-state index contributed by atoms with van der Waals surface area (Å²) in [6.07, 6.45) is 6.47. The fourth-order valence-electron chi connectivity index (χ4n) is 2.89. The molecule has 2 aliphatic rings. The van der Waals surface area contributed by atoms with Crippen molar-refractivity contribution in [1.82, 2.24) is 0 Å². The van der Waals surface area contributed by atoms with Crippen molar-refractivity contribution in [2.24, 2.45) is 0 Å². The van der Waals surface area contributed by atoms with Gasteiger partial charge in [-0.1, -0.05) is 0 Å². The molecular weight excluding hydrogens is 231 g/mol. The molecule has 0 aromatic heterocycles. The summed E-state index contributed by atoms with van der Waals surface area (Å²) in [7, 11) is 0. The molecular formula is C15H19FO2. The Balaban J connectivity index is 1.67. The Hall–Kier alpha value is -1.09. The van der Waals surface area contributed by atoms with Crippen LogP contribution in [-0.2, 0) is 17.6 Å². The van der Waals surface area contributed by atoms with Crippen molar-refractivity contribution in [2.45, 2.75) is 44.6 Å². The lowest BCUT2D eigenvalue weighted by molar-refractivity contribution is -0.0112. The molecule has 98 valence electrons. The van der Waals surface area contributed by atoms with Gasteiger partial charge in [0.15, 0.2) is 0 Å². The van der Waals surface area contributed by atoms with E-state index in [0.29, 0.717) is 6.61 Å². The first-order chi connectivity index (χ1) is 8.84. The van der Waals surface area contributed by atoms with Crippen LogP contribution >= 0.6 is 0 Å². The third kappa shape index (κ3) is 2.37. The van der Waals surface area contributed by atoms with Gasteiger partial charge in [-0.2, -0.15) is 0 Å². The van der Waals surface area contributed by atoms with Crippen LogP contribution in [0.3, 0.4) is 0 Å². The van der Waals surface area contributed by atoms with Crippen LogP contribution in [0.25, 0.3) is 0 Å². The van der Waals surface area contributed by atoms with Crippen LogP contribution in [0.4, 0.5) is 4.39 Å². The summed E-state index contributed by atoms with van der Waals surface area (Å²) in [5.41, 5.74) is 1.93. The van der Waals surface area contributed by atoms with E-state index in [1.54, 1.807) is 6.07 Å². The number of benzene rings is 1. The van der Waals surface area contributed by atoms with E-state index in [-0.39, 0.29) is 11.9 Å². The highest BCUT2D eigenvalue weighted by Gasteiger charge is 2.21. The van der Waals surface area contributed by atoms with Crippen molar-refractivity contribution in [3.05, 3.63) is 29.1 Å². The van der Waals surface area contributed by atoms with E-state index >= 15 is 0 Å². The second kappa shape index (κ2) is 5.27. The quantitative estimate of drug-likeness (QED) is 0.819. The number of fused-ring (bicyclic) bond motifs is 1. The number of hydrogen-bond acceptors (Lipinski definition) is 2. The molecule has 0 amide bonds. The Morgan fingerprint density at radius 2 is 2.06 bits per heavy atom. The molecule has 0 radical (unpaired) electrons. The fourth-order valence-corrected chi connectivity index (χ4v) is 2.89. The molecule has 1 aromatic rings. The highest BCUT2D eigenvalue weighted by atomic mass is 19.1. The number of rotatable bonds is 3. The van der Waals surface area contributed by atoms with Crippen LogP contribution in [0.1, 0.15) is 36.8 Å². The average Bonchev–Trinajstić information content (AvgIpc) is 2.90. The van der Waals surface area contributed by atoms with Crippen LogP contribution in [-0.4, -0.2) is 19.3 Å². The summed E-state index contributed by atoms with van der Waals surface area (Å²) in [5.74, 6) is 0.779. The number of halogens is 1. The van der Waals surface area contributed by atoms with Gasteiger partial charge in [0.05, 0.1) is 6.10 Å². The molecule has 18 heavy (non-hydrogen) atoms. The van der Waals surface area contributed by atoms with Crippen LogP contribution in [0.15, 0.2) is 12.1 Å². The second-order valence-corrected chi connectivity index (χ2v) is 5.16. The van der Waals surface area contributed by atoms with Gasteiger partial charge in [0.25, 0.3) is 0 Å². The summed E-state index contributed by atoms with van der Waals surface area (Å²) in [5, 5.41) is 0. The van der Waals surface area contributed by atoms with Gasteiger partial charge in [-0.25, -0.2) is 4.39 Å². The largest absolute Gasteiger partial charge is 0.491 e. The molecule has 1 saturated heterocycles. The Labute approximate surface area is 107 Å². The highest BCUT2D eigenvalue weighted by molar-refractivity contribution is 5.43. The molecule has 1 heterocycles. The topological polar surface area (TPSA) is 18.5 Å². The van der Waals surface area contributed by atoms with Crippen molar-refractivity contribution < 1.29 is 13.9 Å². The minimum Gasteiger partial charge on any atom is -0.491 e. The molecule has 0 unspecified atom stereocenters. The average molecular weight is 250 g/mol. The molecule has 0 N–H and O–H groups in total. The highest BCUT2D eigenvalue weighted by Crippen LogP contribution is 2.32. The molecule has 3 heteroatoms. The van der Waals surface area contributed by atoms with Gasteiger partial charge < -0.3 is 9.47 Å². The van der Waals surface area contributed by atoms with Gasteiger partial charge >= 0.3 is 0 Å². The van der Waals surface area contributed by atoms with Gasteiger partial charge in [-0.15, -0.1) is 0 Å². The Bertz CT molecular complexity index is 425. The summed E-state index contributed by atoms with van der Waals surface area (Å²) in [6.45, 7) is 1.44. The van der Waals surface area contributed by atoms with E-state index in [1.165, 1.54) is 12.5 Å². The normalized spacial score (nSPS) is 22.8. The summed E-state index contributed by atoms with van der Waals surface area (Å²) in [4.78, 5) is 0. The fraction of sp³-hybridized carbons (Fsp3) is 0.600. The second-order valence-electron chi connectivity index (χ2n) is 5.16. The maximum Gasteiger partial charge on any atom is 0.126 e. The zero-order valence-corrected chi connectivity index (χ0v) is 10.6. The van der Waals surface area contributed by atoms with Gasteiger partial charge in [-0.3, -0.25) is 0 Å². The van der Waals surface area contributed by atoms with Crippen molar-refractivity contribution in [3.63, 3.8) is 0 Å². The Morgan fingerprint density at radius 1 is 1.17 bits per heavy atom. The SMILES string of the molecule is Fc1ccc(OC[C@@H]2CCCCO2)c2c1CCC2. The Kier molecular flexibility index (Phi) is 3.50. The lowest BCUT2D eigenvalue weighted by Gasteiger charge is -2.23. The summed E-state index contributed by atoms with van der Waals surface area (Å²) < 4.78 is 25.1. The van der Waals surface area contributed by atoms with Gasteiger partial charge in [0, 0.05) is 12.2 Å². The van der Waals surface area contributed by atoms with E-state index in [9.17, 15) is 4.39 Å². The van der Waals surface area contributed by atoms with E-state index in [4.69, 9.17) is 9.47 Å². The molecule has 1 fully saturated rings. The van der Waals surface area contributed by atoms with E-state index in [2.05, 4.69) is 0 Å². The summed E-state index contributed by atoms with van der Waals surface area (Å²) in [6, 6.07) is 3.30. The molecule has 0 bridgehead atoms. The third-order valence-corrected chi connectivity index (χ3v) is 3.88. The Morgan fingerprint density at radius 3 is 2.89 bits per heavy atom. The molecule has 0 spiro atoms. The maximum absolute atomic E-state index is 13.6. The van der Waals surface area contributed by atoms with Crippen molar-refractivity contribution in [3.8, 4) is 5.75 Å². The molecule has 1 atom stereocenters. The number of ether oxygens (including phenoxy) is 2. The van der Waals surface area contributed by atoms with Crippen LogP contribution in [0, 0.1) is 5.82 Å². The lowest BCUT2D eigenvalue weighted by Crippen LogP contribution is -2.26. The molecule has 1 aliphatic carbocycles. The number of hydrogen-bond donors (Lipinski definition) is 0. The predicted octanol–water partition coefficient (Wildman–Crippen LogP) is 3.26. The first-order valence-electron chi connectivity index (χ1n) is 6.89. The zero-order chi connectivity index (χ0) is 12.4. The lowest BCUT2D eigenvalue weighted by atomic mass is 10.1. The molecule has 3 rings (SSSR count). The van der Waals surface area contributed by atoms with E-state index in [0.717, 1.165) is 55.6 Å². The molecule has 2 nitrogen and oxygen atoms in total. The molecule has 0 saturated carbocycles. The zero-order valence-electron chi connectivity index (χ0n) is 10.6. The van der Waals surface area contributed by atoms with E-state index in [1.807, 2.05) is 0 Å². The van der Waals surface area contributed by atoms with Gasteiger partial charge in [0.1, 0.15) is 18.2 Å². The van der Waals surface area contributed by atoms with Gasteiger partial charge in [-0.05, 0) is 56.2 Å². The first kappa shape index (κ1) is 12.0. The standard InChI is InChI=1S/C15H19FO2/c16-14-7-8-15(13-6-3-5-12(13)14)18-10-11-4-1-2-9-17-11/h7-8,11H,1-6,9-10H2/t11-/m0/s1. The van der Waals surface area contributed by atoms with E-state index < -0.39 is 0 Å². The monoisotopic (exact) mass is 250 g/mol. The molecule has 1 aliphatic heterocycles. The maximum atomic E-state index is 13.6. The van der Waals surface area contributed by atoms with Crippen LogP contribution in [0.2, 0.25) is 0 Å². The minimum atomic E-state index is -0.0798. The van der Waals surface area contributed by atoms with Crippen molar-refractivity contribution in [1.29, 1.82) is 0 Å². The smallest absolute Gasteiger partial charge is 0.126 e. The predicted molar refractivity (Wildman–Crippen MR) is 67.5 cm³/mol. The minimum absolute atomic E-state index is 0.0798. The van der Waals surface area contributed by atoms with Crippen LogP contribution < -0.4 is 4.74 Å². The van der Waals surface area contributed by atoms with Gasteiger partial charge in [0.2, 0.25) is 0 Å². The first-order valence-corrected chi connectivity index (χ1v) is 6.89. The molecule has 1 aromatic carbocycles. The van der Waals surface area contributed by atoms with Crippen molar-refractivity contribution >= 4 is 0 Å². The van der Waals surface area contributed by atoms with Crippen molar-refractivity contribution in [2.75, 3.05) is 13.2 Å².